The van der Waals surface area contributed by atoms with Gasteiger partial charge in [0.2, 0.25) is 0 Å². The molecule has 94 valence electrons. The van der Waals surface area contributed by atoms with E-state index in [2.05, 4.69) is 5.32 Å². The van der Waals surface area contributed by atoms with E-state index in [0.29, 0.717) is 23.6 Å². The van der Waals surface area contributed by atoms with Crippen molar-refractivity contribution in [1.29, 1.82) is 0 Å². The molecule has 2 aromatic carbocycles. The van der Waals surface area contributed by atoms with Gasteiger partial charge < -0.3 is 10.1 Å². The third-order valence-corrected chi connectivity index (χ3v) is 2.94. The monoisotopic (exact) mass is 253 g/mol. The van der Waals surface area contributed by atoms with Gasteiger partial charge in [-0.3, -0.25) is 9.59 Å². The average molecular weight is 253 g/mol. The number of ketones is 1. The summed E-state index contributed by atoms with van der Waals surface area (Å²) in [5.74, 6) is -0.461. The predicted molar refractivity (Wildman–Crippen MR) is 70.2 cm³/mol. The Morgan fingerprint density at radius 2 is 1.79 bits per heavy atom. The van der Waals surface area contributed by atoms with Gasteiger partial charge in [0, 0.05) is 6.07 Å². The molecule has 0 saturated heterocycles. The molecule has 0 saturated carbocycles. The molecule has 1 heterocycles. The third kappa shape index (κ3) is 2.20. The maximum Gasteiger partial charge on any atom is 0.296 e. The van der Waals surface area contributed by atoms with Gasteiger partial charge in [0.05, 0.1) is 11.3 Å². The first kappa shape index (κ1) is 11.5. The van der Waals surface area contributed by atoms with E-state index in [-0.39, 0.29) is 0 Å². The first-order valence-electron chi connectivity index (χ1n) is 5.90. The van der Waals surface area contributed by atoms with Crippen LogP contribution in [0, 0.1) is 0 Å². The summed E-state index contributed by atoms with van der Waals surface area (Å²) < 4.78 is 5.63. The zero-order valence-corrected chi connectivity index (χ0v) is 10.1. The molecule has 4 nitrogen and oxygen atoms in total. The SMILES string of the molecule is O=C1Nc2cc(OCc3ccccc3)ccc2C1=O. The molecule has 0 atom stereocenters. The predicted octanol–water partition coefficient (Wildman–Crippen LogP) is 2.40. The minimum absolute atomic E-state index is 0.400. The van der Waals surface area contributed by atoms with Crippen LogP contribution in [0.1, 0.15) is 15.9 Å². The highest BCUT2D eigenvalue weighted by Gasteiger charge is 2.27. The van der Waals surface area contributed by atoms with Gasteiger partial charge in [-0.2, -0.15) is 0 Å². The van der Waals surface area contributed by atoms with Gasteiger partial charge in [-0.1, -0.05) is 30.3 Å². The Kier molecular flexibility index (Phi) is 2.76. The number of carbonyl (C=O) groups excluding carboxylic acids is 2. The largest absolute Gasteiger partial charge is 0.489 e. The summed E-state index contributed by atoms with van der Waals surface area (Å²) in [6.45, 7) is 0.446. The fourth-order valence-corrected chi connectivity index (χ4v) is 1.96. The van der Waals surface area contributed by atoms with Crippen LogP contribution in [0.5, 0.6) is 5.75 Å². The topological polar surface area (TPSA) is 55.4 Å². The van der Waals surface area contributed by atoms with Crippen molar-refractivity contribution in [2.45, 2.75) is 6.61 Å². The van der Waals surface area contributed by atoms with Crippen LogP contribution in [0.2, 0.25) is 0 Å². The highest BCUT2D eigenvalue weighted by atomic mass is 16.5. The quantitative estimate of drug-likeness (QED) is 0.854. The van der Waals surface area contributed by atoms with E-state index in [0.717, 1.165) is 5.56 Å². The van der Waals surface area contributed by atoms with Crippen molar-refractivity contribution in [2.75, 3.05) is 5.32 Å². The van der Waals surface area contributed by atoms with Crippen molar-refractivity contribution in [3.63, 3.8) is 0 Å². The molecule has 3 rings (SSSR count). The molecule has 0 spiro atoms. The number of nitrogens with one attached hydrogen (secondary N) is 1. The van der Waals surface area contributed by atoms with Crippen LogP contribution in [-0.2, 0) is 11.4 Å². The van der Waals surface area contributed by atoms with E-state index in [9.17, 15) is 9.59 Å². The van der Waals surface area contributed by atoms with Gasteiger partial charge in [-0.25, -0.2) is 0 Å². The fourth-order valence-electron chi connectivity index (χ4n) is 1.96. The molecule has 2 aromatic rings. The molecule has 0 aliphatic carbocycles. The van der Waals surface area contributed by atoms with Crippen LogP contribution >= 0.6 is 0 Å². The maximum atomic E-state index is 11.4. The summed E-state index contributed by atoms with van der Waals surface area (Å²) in [6, 6.07) is 14.7. The van der Waals surface area contributed by atoms with Gasteiger partial charge in [-0.15, -0.1) is 0 Å². The zero-order valence-electron chi connectivity index (χ0n) is 10.1. The molecule has 0 radical (unpaired) electrons. The molecule has 1 N–H and O–H groups in total. The average Bonchev–Trinajstić information content (AvgIpc) is 2.73. The first-order chi connectivity index (χ1) is 9.24. The van der Waals surface area contributed by atoms with Crippen molar-refractivity contribution < 1.29 is 14.3 Å². The number of amides is 1. The Bertz CT molecular complexity index is 650. The van der Waals surface area contributed by atoms with E-state index in [1.54, 1.807) is 18.2 Å². The number of carbonyl (C=O) groups is 2. The van der Waals surface area contributed by atoms with E-state index in [1.165, 1.54) is 0 Å². The van der Waals surface area contributed by atoms with E-state index >= 15 is 0 Å². The minimum atomic E-state index is -0.588. The number of anilines is 1. The molecule has 0 aromatic heterocycles. The fraction of sp³-hybridized carbons (Fsp3) is 0.0667. The molecule has 1 amide bonds. The third-order valence-electron chi connectivity index (χ3n) is 2.94. The number of fused-ring (bicyclic) bond motifs is 1. The van der Waals surface area contributed by atoms with Crippen molar-refractivity contribution in [2.24, 2.45) is 0 Å². The van der Waals surface area contributed by atoms with Gasteiger partial charge in [0.1, 0.15) is 12.4 Å². The molecule has 0 unspecified atom stereocenters. The normalized spacial score (nSPS) is 13.1. The van der Waals surface area contributed by atoms with Gasteiger partial charge >= 0.3 is 0 Å². The Balaban J connectivity index is 1.76. The summed E-state index contributed by atoms with van der Waals surface area (Å²) in [5, 5.41) is 2.52. The summed E-state index contributed by atoms with van der Waals surface area (Å²) in [5.41, 5.74) is 1.97. The van der Waals surface area contributed by atoms with Crippen molar-refractivity contribution in [3.8, 4) is 5.75 Å². The Hall–Kier alpha value is -2.62. The van der Waals surface area contributed by atoms with Crippen LogP contribution in [0.3, 0.4) is 0 Å². The summed E-state index contributed by atoms with van der Waals surface area (Å²) in [7, 11) is 0. The smallest absolute Gasteiger partial charge is 0.296 e. The van der Waals surface area contributed by atoms with Gasteiger partial charge in [-0.05, 0) is 17.7 Å². The van der Waals surface area contributed by atoms with Gasteiger partial charge in [0.25, 0.3) is 11.7 Å². The lowest BCUT2D eigenvalue weighted by Gasteiger charge is -2.07. The van der Waals surface area contributed by atoms with Gasteiger partial charge in [0.15, 0.2) is 0 Å². The van der Waals surface area contributed by atoms with Crippen LogP contribution < -0.4 is 10.1 Å². The lowest BCUT2D eigenvalue weighted by atomic mass is 10.1. The number of hydrogen-bond acceptors (Lipinski definition) is 3. The van der Waals surface area contributed by atoms with E-state index in [4.69, 9.17) is 4.74 Å². The number of Topliss-reactive ketones (excluding diaryl/α,β-unsaturated/α-hetero) is 1. The molecular weight excluding hydrogens is 242 g/mol. The van der Waals surface area contributed by atoms with E-state index in [1.807, 2.05) is 30.3 Å². The molecule has 0 fully saturated rings. The summed E-state index contributed by atoms with van der Waals surface area (Å²) in [4.78, 5) is 22.7. The number of benzene rings is 2. The molecule has 19 heavy (non-hydrogen) atoms. The lowest BCUT2D eigenvalue weighted by molar-refractivity contribution is -0.112. The second-order valence-electron chi connectivity index (χ2n) is 4.26. The van der Waals surface area contributed by atoms with Crippen molar-refractivity contribution in [3.05, 3.63) is 59.7 Å². The Morgan fingerprint density at radius 1 is 1.00 bits per heavy atom. The maximum absolute atomic E-state index is 11.4. The molecule has 1 aliphatic heterocycles. The second-order valence-corrected chi connectivity index (χ2v) is 4.26. The van der Waals surface area contributed by atoms with Crippen LogP contribution in [0.15, 0.2) is 48.5 Å². The standard InChI is InChI=1S/C15H11NO3/c17-14-12-7-6-11(8-13(12)16-15(14)18)19-9-10-4-2-1-3-5-10/h1-8H,9H2,(H,16,17,18). The Labute approximate surface area is 110 Å². The number of rotatable bonds is 3. The second kappa shape index (κ2) is 4.57. The van der Waals surface area contributed by atoms with Crippen LogP contribution in [-0.4, -0.2) is 11.7 Å². The number of hydrogen-bond donors (Lipinski definition) is 1. The van der Waals surface area contributed by atoms with Crippen molar-refractivity contribution in [1.82, 2.24) is 0 Å². The number of ether oxygens (including phenoxy) is 1. The molecule has 4 heteroatoms. The summed E-state index contributed by atoms with van der Waals surface area (Å²) >= 11 is 0. The lowest BCUT2D eigenvalue weighted by Crippen LogP contribution is -2.12. The molecule has 1 aliphatic rings. The summed E-state index contributed by atoms with van der Waals surface area (Å²) in [6.07, 6.45) is 0. The highest BCUT2D eigenvalue weighted by Crippen LogP contribution is 2.27. The Morgan fingerprint density at radius 3 is 2.58 bits per heavy atom. The zero-order chi connectivity index (χ0) is 13.2. The van der Waals surface area contributed by atoms with E-state index < -0.39 is 11.7 Å². The van der Waals surface area contributed by atoms with Crippen LogP contribution in [0.25, 0.3) is 0 Å². The molecule has 0 bridgehead atoms. The highest BCUT2D eigenvalue weighted by molar-refractivity contribution is 6.51. The molecular formula is C15H11NO3. The first-order valence-corrected chi connectivity index (χ1v) is 5.90. The van der Waals surface area contributed by atoms with Crippen LogP contribution in [0.4, 0.5) is 5.69 Å². The van der Waals surface area contributed by atoms with Crippen molar-refractivity contribution >= 4 is 17.4 Å². The minimum Gasteiger partial charge on any atom is -0.489 e.